The molecule has 0 aromatic carbocycles. The maximum atomic E-state index is 11.3. The molecule has 18 heavy (non-hydrogen) atoms. The third-order valence-electron chi connectivity index (χ3n) is 3.22. The molecule has 3 N–H and O–H groups in total. The number of nitrogens with two attached hydrogens (primary N) is 1. The first-order valence-electron chi connectivity index (χ1n) is 6.24. The van der Waals surface area contributed by atoms with Crippen LogP contribution in [0.5, 0.6) is 0 Å². The number of carbonyl (C=O) groups is 1. The Morgan fingerprint density at radius 1 is 1.61 bits per heavy atom. The van der Waals surface area contributed by atoms with Gasteiger partial charge in [0.2, 0.25) is 5.91 Å². The highest BCUT2D eigenvalue weighted by molar-refractivity contribution is 5.85. The Hall–Kier alpha value is -1.07. The van der Waals surface area contributed by atoms with Crippen LogP contribution in [0.3, 0.4) is 0 Å². The third kappa shape index (κ3) is 3.71. The van der Waals surface area contributed by atoms with E-state index >= 15 is 0 Å². The van der Waals surface area contributed by atoms with Gasteiger partial charge in [0, 0.05) is 6.20 Å². The van der Waals surface area contributed by atoms with E-state index in [0.29, 0.717) is 12.6 Å². The first-order chi connectivity index (χ1) is 8.16. The molecule has 6 heteroatoms. The molecule has 1 saturated carbocycles. The fraction of sp³-hybridized carbons (Fsp3) is 0.667. The van der Waals surface area contributed by atoms with Gasteiger partial charge in [0.25, 0.3) is 0 Å². The van der Waals surface area contributed by atoms with Gasteiger partial charge in [-0.2, -0.15) is 5.10 Å². The number of rotatable bonds is 4. The van der Waals surface area contributed by atoms with E-state index < -0.39 is 6.04 Å². The Balaban J connectivity index is 0.00000162. The Labute approximate surface area is 114 Å². The van der Waals surface area contributed by atoms with Crippen molar-refractivity contribution in [3.8, 4) is 0 Å². The van der Waals surface area contributed by atoms with Crippen molar-refractivity contribution in [1.82, 2.24) is 15.1 Å². The van der Waals surface area contributed by atoms with Crippen LogP contribution in [0.1, 0.15) is 44.3 Å². The molecule has 1 aromatic heterocycles. The highest BCUT2D eigenvalue weighted by Gasteiger charge is 2.17. The molecule has 0 saturated heterocycles. The predicted octanol–water partition coefficient (Wildman–Crippen LogP) is 1.38. The molecule has 1 aliphatic carbocycles. The lowest BCUT2D eigenvalue weighted by molar-refractivity contribution is -0.122. The van der Waals surface area contributed by atoms with Crippen LogP contribution in [0.4, 0.5) is 0 Å². The molecule has 102 valence electrons. The largest absolute Gasteiger partial charge is 0.349 e. The fourth-order valence-corrected chi connectivity index (χ4v) is 2.18. The molecule has 1 aromatic rings. The molecule has 0 radical (unpaired) electrons. The molecule has 1 fully saturated rings. The van der Waals surface area contributed by atoms with Gasteiger partial charge in [0.05, 0.1) is 24.3 Å². The van der Waals surface area contributed by atoms with Crippen molar-refractivity contribution in [2.24, 2.45) is 5.73 Å². The first-order valence-corrected chi connectivity index (χ1v) is 6.24. The summed E-state index contributed by atoms with van der Waals surface area (Å²) in [6.07, 6.45) is 7.02. The van der Waals surface area contributed by atoms with Crippen molar-refractivity contribution in [3.63, 3.8) is 0 Å². The minimum atomic E-state index is -0.466. The maximum Gasteiger partial charge on any atom is 0.236 e. The molecule has 0 unspecified atom stereocenters. The van der Waals surface area contributed by atoms with Crippen LogP contribution in [0.25, 0.3) is 0 Å². The summed E-state index contributed by atoms with van der Waals surface area (Å²) < 4.78 is 2.03. The van der Waals surface area contributed by atoms with Crippen molar-refractivity contribution >= 4 is 18.3 Å². The number of carbonyl (C=O) groups excluding carboxylic acids is 1. The number of hydrogen-bond donors (Lipinski definition) is 2. The van der Waals surface area contributed by atoms with Crippen LogP contribution in [0.15, 0.2) is 12.3 Å². The van der Waals surface area contributed by atoms with Gasteiger partial charge in [0.1, 0.15) is 0 Å². The van der Waals surface area contributed by atoms with Crippen molar-refractivity contribution < 1.29 is 4.79 Å². The quantitative estimate of drug-likeness (QED) is 0.870. The van der Waals surface area contributed by atoms with Crippen LogP contribution in [-0.4, -0.2) is 21.7 Å². The van der Waals surface area contributed by atoms with Gasteiger partial charge in [0.15, 0.2) is 0 Å². The summed E-state index contributed by atoms with van der Waals surface area (Å²) in [5.41, 5.74) is 6.36. The predicted molar refractivity (Wildman–Crippen MR) is 72.5 cm³/mol. The van der Waals surface area contributed by atoms with Crippen LogP contribution >= 0.6 is 12.4 Å². The van der Waals surface area contributed by atoms with Crippen molar-refractivity contribution in [2.75, 3.05) is 0 Å². The third-order valence-corrected chi connectivity index (χ3v) is 3.22. The van der Waals surface area contributed by atoms with Gasteiger partial charge < -0.3 is 11.1 Å². The van der Waals surface area contributed by atoms with Crippen LogP contribution in [0.2, 0.25) is 0 Å². The zero-order chi connectivity index (χ0) is 12.3. The summed E-state index contributed by atoms with van der Waals surface area (Å²) in [5.74, 6) is -0.139. The van der Waals surface area contributed by atoms with E-state index in [4.69, 9.17) is 5.73 Å². The minimum Gasteiger partial charge on any atom is -0.349 e. The van der Waals surface area contributed by atoms with E-state index in [1.807, 2.05) is 16.9 Å². The highest BCUT2D eigenvalue weighted by atomic mass is 35.5. The van der Waals surface area contributed by atoms with Gasteiger partial charge >= 0.3 is 0 Å². The molecular formula is C12H21ClN4O. The van der Waals surface area contributed by atoms with Crippen molar-refractivity contribution in [1.29, 1.82) is 0 Å². The van der Waals surface area contributed by atoms with Gasteiger partial charge in [-0.1, -0.05) is 12.8 Å². The molecule has 1 atom stereocenters. The second-order valence-corrected chi connectivity index (χ2v) is 4.73. The van der Waals surface area contributed by atoms with Gasteiger partial charge in [-0.3, -0.25) is 9.48 Å². The zero-order valence-electron chi connectivity index (χ0n) is 10.6. The maximum absolute atomic E-state index is 11.3. The van der Waals surface area contributed by atoms with Crippen molar-refractivity contribution in [3.05, 3.63) is 18.0 Å². The molecule has 0 bridgehead atoms. The minimum absolute atomic E-state index is 0. The Kier molecular flexibility index (Phi) is 5.62. The van der Waals surface area contributed by atoms with Crippen LogP contribution in [0, 0.1) is 0 Å². The normalized spacial score (nSPS) is 17.2. The summed E-state index contributed by atoms with van der Waals surface area (Å²) in [4.78, 5) is 11.3. The number of nitrogens with zero attached hydrogens (tertiary/aromatic N) is 2. The standard InChI is InChI=1S/C12H20N4O.ClH/c1-9(13)12(17)14-8-10-6-7-16(15-10)11-4-2-3-5-11;/h6-7,9,11H,2-5,8,13H2,1H3,(H,14,17);1H/t9-;/m1./s1. The average molecular weight is 273 g/mol. The highest BCUT2D eigenvalue weighted by Crippen LogP contribution is 2.28. The van der Waals surface area contributed by atoms with E-state index in [2.05, 4.69) is 10.4 Å². The van der Waals surface area contributed by atoms with Crippen molar-refractivity contribution in [2.45, 2.75) is 51.2 Å². The lowest BCUT2D eigenvalue weighted by atomic mass is 10.3. The molecule has 5 nitrogen and oxygen atoms in total. The average Bonchev–Trinajstić information content (AvgIpc) is 2.95. The van der Waals surface area contributed by atoms with Crippen LogP contribution < -0.4 is 11.1 Å². The Morgan fingerprint density at radius 3 is 2.89 bits per heavy atom. The lowest BCUT2D eigenvalue weighted by Crippen LogP contribution is -2.37. The fourth-order valence-electron chi connectivity index (χ4n) is 2.18. The molecule has 1 amide bonds. The van der Waals surface area contributed by atoms with E-state index in [-0.39, 0.29) is 18.3 Å². The SMILES string of the molecule is C[C@@H](N)C(=O)NCc1ccn(C2CCCC2)n1.Cl. The van der Waals surface area contributed by atoms with Gasteiger partial charge in [-0.25, -0.2) is 0 Å². The van der Waals surface area contributed by atoms with E-state index in [1.54, 1.807) is 6.92 Å². The second-order valence-electron chi connectivity index (χ2n) is 4.73. The summed E-state index contributed by atoms with van der Waals surface area (Å²) in [6, 6.07) is 2.04. The lowest BCUT2D eigenvalue weighted by Gasteiger charge is -2.09. The second kappa shape index (κ2) is 6.75. The van der Waals surface area contributed by atoms with Gasteiger partial charge in [-0.05, 0) is 25.8 Å². The number of nitrogens with one attached hydrogen (secondary N) is 1. The number of amides is 1. The topological polar surface area (TPSA) is 72.9 Å². The first kappa shape index (κ1) is 15.0. The summed E-state index contributed by atoms with van der Waals surface area (Å²) >= 11 is 0. The summed E-state index contributed by atoms with van der Waals surface area (Å²) in [6.45, 7) is 2.13. The summed E-state index contributed by atoms with van der Waals surface area (Å²) in [5, 5.41) is 7.25. The Bertz CT molecular complexity index is 385. The number of hydrogen-bond acceptors (Lipinski definition) is 3. The summed E-state index contributed by atoms with van der Waals surface area (Å²) in [7, 11) is 0. The zero-order valence-corrected chi connectivity index (χ0v) is 11.4. The molecule has 1 aliphatic rings. The molecule has 0 spiro atoms. The number of aromatic nitrogens is 2. The monoisotopic (exact) mass is 272 g/mol. The molecule has 2 rings (SSSR count). The van der Waals surface area contributed by atoms with E-state index in [9.17, 15) is 4.79 Å². The Morgan fingerprint density at radius 2 is 2.28 bits per heavy atom. The van der Waals surface area contributed by atoms with Crippen LogP contribution in [-0.2, 0) is 11.3 Å². The molecule has 1 heterocycles. The smallest absolute Gasteiger partial charge is 0.236 e. The van der Waals surface area contributed by atoms with E-state index in [0.717, 1.165) is 5.69 Å². The van der Waals surface area contributed by atoms with Gasteiger partial charge in [-0.15, -0.1) is 12.4 Å². The number of halogens is 1. The van der Waals surface area contributed by atoms with E-state index in [1.165, 1.54) is 25.7 Å². The molecular weight excluding hydrogens is 252 g/mol. The molecule has 0 aliphatic heterocycles.